The van der Waals surface area contributed by atoms with Crippen molar-refractivity contribution >= 4 is 49.3 Å². The Morgan fingerprint density at radius 3 is 0.932 bits per heavy atom. The van der Waals surface area contributed by atoms with E-state index in [2.05, 4.69) is 227 Å². The van der Waals surface area contributed by atoms with Crippen molar-refractivity contribution in [3.8, 4) is 67.3 Å². The number of benzene rings is 9. The smallest absolute Gasteiger partial charge is 0.200 e. The summed E-state index contributed by atoms with van der Waals surface area (Å²) >= 11 is 0. The van der Waals surface area contributed by atoms with Gasteiger partial charge in [0.25, 0.3) is 0 Å². The first-order valence-electron chi connectivity index (χ1n) is 25.6. The van der Waals surface area contributed by atoms with Gasteiger partial charge in [-0.05, 0) is 178 Å². The van der Waals surface area contributed by atoms with Gasteiger partial charge in [-0.1, -0.05) is 144 Å². The van der Waals surface area contributed by atoms with Crippen LogP contribution in [0.4, 0.5) is 5.69 Å². The molecule has 12 rings (SSSR count). The summed E-state index contributed by atoms with van der Waals surface area (Å²) in [6.45, 7) is 30.4. The van der Waals surface area contributed by atoms with Gasteiger partial charge in [0.05, 0.1) is 40.0 Å². The molecular weight excluding hydrogens is 899 g/mol. The number of aryl methyl sites for hydroxylation is 10. The van der Waals surface area contributed by atoms with E-state index in [1.165, 1.54) is 66.8 Å². The number of rotatable bonds is 7. The van der Waals surface area contributed by atoms with Crippen LogP contribution >= 0.6 is 0 Å². The van der Waals surface area contributed by atoms with Crippen molar-refractivity contribution < 1.29 is 0 Å². The lowest BCUT2D eigenvalue weighted by atomic mass is 9.96. The van der Waals surface area contributed by atoms with Crippen molar-refractivity contribution in [2.75, 3.05) is 0 Å². The molecule has 0 atom stereocenters. The monoisotopic (exact) mass is 955 g/mol. The van der Waals surface area contributed by atoms with Gasteiger partial charge in [0.15, 0.2) is 5.69 Å². The molecule has 5 nitrogen and oxygen atoms in total. The van der Waals surface area contributed by atoms with Gasteiger partial charge in [-0.2, -0.15) is 0 Å². The second kappa shape index (κ2) is 17.7. The summed E-state index contributed by atoms with van der Waals surface area (Å²) in [5, 5.41) is 4.55. The van der Waals surface area contributed by atoms with Gasteiger partial charge in [0, 0.05) is 38.5 Å². The minimum Gasteiger partial charge on any atom is -0.308 e. The van der Waals surface area contributed by atoms with Crippen molar-refractivity contribution in [2.45, 2.75) is 69.2 Å². The fourth-order valence-electron chi connectivity index (χ4n) is 11.8. The lowest BCUT2D eigenvalue weighted by Crippen LogP contribution is -2.05. The van der Waals surface area contributed by atoms with Crippen LogP contribution in [0.1, 0.15) is 55.9 Å². The van der Waals surface area contributed by atoms with Crippen LogP contribution in [0.2, 0.25) is 0 Å². The fraction of sp³-hybridized carbons (Fsp3) is 0.145. The van der Waals surface area contributed by atoms with E-state index in [4.69, 9.17) is 16.5 Å². The Labute approximate surface area is 433 Å². The average Bonchev–Trinajstić information content (AvgIpc) is 3.87. The molecule has 0 aliphatic carbocycles. The highest BCUT2D eigenvalue weighted by molar-refractivity contribution is 6.14. The lowest BCUT2D eigenvalue weighted by Gasteiger charge is -2.20. The second-order valence-corrected chi connectivity index (χ2v) is 20.8. The summed E-state index contributed by atoms with van der Waals surface area (Å²) in [4.78, 5) is 14.4. The van der Waals surface area contributed by atoms with Gasteiger partial charge in [0.1, 0.15) is 5.82 Å². The second-order valence-electron chi connectivity index (χ2n) is 20.8. The third kappa shape index (κ3) is 7.77. The molecule has 0 saturated carbocycles. The molecule has 0 unspecified atom stereocenters. The molecule has 74 heavy (non-hydrogen) atoms. The minimum atomic E-state index is 0.479. The van der Waals surface area contributed by atoms with Gasteiger partial charge in [-0.3, -0.25) is 0 Å². The van der Waals surface area contributed by atoms with Crippen LogP contribution < -0.4 is 0 Å². The maximum Gasteiger partial charge on any atom is 0.200 e. The van der Waals surface area contributed by atoms with E-state index in [1.807, 2.05) is 19.9 Å². The van der Waals surface area contributed by atoms with Crippen LogP contribution in [0.25, 0.3) is 116 Å². The van der Waals surface area contributed by atoms with Crippen LogP contribution in [0.15, 0.2) is 164 Å². The molecule has 5 heteroatoms. The van der Waals surface area contributed by atoms with E-state index in [1.54, 1.807) is 0 Å². The Morgan fingerprint density at radius 2 is 0.635 bits per heavy atom. The summed E-state index contributed by atoms with van der Waals surface area (Å²) < 4.78 is 4.89. The van der Waals surface area contributed by atoms with Gasteiger partial charge < -0.3 is 9.13 Å². The van der Waals surface area contributed by atoms with E-state index in [-0.39, 0.29) is 0 Å². The Hall–Kier alpha value is -8.85. The zero-order valence-corrected chi connectivity index (χ0v) is 43.8. The van der Waals surface area contributed by atoms with E-state index < -0.39 is 0 Å². The first-order chi connectivity index (χ1) is 35.7. The molecule has 0 radical (unpaired) electrons. The maximum atomic E-state index is 8.94. The standard InChI is InChI=1S/C69H57N5/c1-39-12-20-53(43(5)28-39)49-16-24-57-58-25-17-50(54-21-13-40(2)29-44(54)6)34-64(58)73(63(57)33-49)67-37-61(69-71-47(9)32-48(10)72-69)62(70-11)38-68(67)74-65-35-51(55-22-14-41(3)30-45(55)7)18-26-59(65)60-27-19-52(36-66(60)74)56-23-15-42(4)31-46(56)8/h12-38H,1-10H3. The molecule has 0 fully saturated rings. The van der Waals surface area contributed by atoms with Gasteiger partial charge in [-0.25, -0.2) is 14.8 Å². The molecule has 0 aliphatic rings. The molecule has 0 N–H and O–H groups in total. The normalized spacial score (nSPS) is 11.6. The van der Waals surface area contributed by atoms with Crippen LogP contribution in [0.3, 0.4) is 0 Å². The predicted molar refractivity (Wildman–Crippen MR) is 312 cm³/mol. The van der Waals surface area contributed by atoms with E-state index in [0.717, 1.165) is 88.6 Å². The van der Waals surface area contributed by atoms with Crippen molar-refractivity contribution in [2.24, 2.45) is 0 Å². The molecule has 0 bridgehead atoms. The molecule has 12 aromatic rings. The number of fused-ring (bicyclic) bond motifs is 6. The van der Waals surface area contributed by atoms with Crippen LogP contribution in [0, 0.1) is 75.8 Å². The van der Waals surface area contributed by atoms with Crippen molar-refractivity contribution in [3.63, 3.8) is 0 Å². The summed E-state index contributed by atoms with van der Waals surface area (Å²) in [5.41, 5.74) is 28.0. The molecule has 3 heterocycles. The van der Waals surface area contributed by atoms with E-state index in [0.29, 0.717) is 17.1 Å². The third-order valence-electron chi connectivity index (χ3n) is 15.2. The number of hydrogen-bond donors (Lipinski definition) is 0. The zero-order chi connectivity index (χ0) is 51.3. The van der Waals surface area contributed by atoms with Crippen LogP contribution in [0.5, 0.6) is 0 Å². The predicted octanol–water partition coefficient (Wildman–Crippen LogP) is 18.6. The lowest BCUT2D eigenvalue weighted by molar-refractivity contribution is 1.06. The highest BCUT2D eigenvalue weighted by Gasteiger charge is 2.25. The molecular formula is C69H57N5. The number of nitrogens with zero attached hydrogens (tertiary/aromatic N) is 5. The molecule has 0 amide bonds. The Bertz CT molecular complexity index is 4140. The minimum absolute atomic E-state index is 0.479. The number of hydrogen-bond acceptors (Lipinski definition) is 2. The molecule has 3 aromatic heterocycles. The Kier molecular flexibility index (Phi) is 11.1. The largest absolute Gasteiger partial charge is 0.308 e. The molecule has 358 valence electrons. The first kappa shape index (κ1) is 46.2. The summed E-state index contributed by atoms with van der Waals surface area (Å²) in [5.74, 6) is 0.533. The third-order valence-corrected chi connectivity index (χ3v) is 15.2. The molecule has 0 aliphatic heterocycles. The van der Waals surface area contributed by atoms with Crippen LogP contribution in [-0.2, 0) is 0 Å². The molecule has 9 aromatic carbocycles. The van der Waals surface area contributed by atoms with Gasteiger partial charge in [0.2, 0.25) is 0 Å². The van der Waals surface area contributed by atoms with Crippen molar-refractivity contribution in [3.05, 3.63) is 231 Å². The maximum absolute atomic E-state index is 8.94. The quantitative estimate of drug-likeness (QED) is 0.149. The SMILES string of the molecule is [C-]#[N+]c1cc(-n2c3cc(-c4ccc(C)cc4C)ccc3c3ccc(-c4ccc(C)cc4C)cc32)c(-n2c3cc(-c4ccc(C)cc4C)ccc3c3ccc(-c4ccc(C)cc4C)cc32)cc1-c1nc(C)cc(C)n1. The van der Waals surface area contributed by atoms with E-state index in [9.17, 15) is 0 Å². The average molecular weight is 956 g/mol. The zero-order valence-electron chi connectivity index (χ0n) is 43.8. The highest BCUT2D eigenvalue weighted by Crippen LogP contribution is 2.46. The fourth-order valence-corrected chi connectivity index (χ4v) is 11.8. The summed E-state index contributed by atoms with van der Waals surface area (Å²) in [6, 6.07) is 60.9. The topological polar surface area (TPSA) is 40.0 Å². The van der Waals surface area contributed by atoms with E-state index >= 15 is 0 Å². The summed E-state index contributed by atoms with van der Waals surface area (Å²) in [6.07, 6.45) is 0. The van der Waals surface area contributed by atoms with Gasteiger partial charge >= 0.3 is 0 Å². The van der Waals surface area contributed by atoms with Gasteiger partial charge in [-0.15, -0.1) is 0 Å². The Morgan fingerprint density at radius 1 is 0.324 bits per heavy atom. The summed E-state index contributed by atoms with van der Waals surface area (Å²) in [7, 11) is 0. The van der Waals surface area contributed by atoms with Crippen molar-refractivity contribution in [1.29, 1.82) is 0 Å². The highest BCUT2D eigenvalue weighted by atomic mass is 15.1. The molecule has 0 saturated heterocycles. The van der Waals surface area contributed by atoms with Crippen LogP contribution in [-0.4, -0.2) is 19.1 Å². The number of aromatic nitrogens is 4. The van der Waals surface area contributed by atoms with Crippen molar-refractivity contribution in [1.82, 2.24) is 19.1 Å². The Balaban J connectivity index is 1.27. The molecule has 0 spiro atoms. The first-order valence-corrected chi connectivity index (χ1v) is 25.6.